The van der Waals surface area contributed by atoms with Crippen LogP contribution in [0.2, 0.25) is 0 Å². The normalized spacial score (nSPS) is 17.3. The summed E-state index contributed by atoms with van der Waals surface area (Å²) in [6, 6.07) is 7.31. The van der Waals surface area contributed by atoms with Gasteiger partial charge in [-0.2, -0.15) is 0 Å². The highest BCUT2D eigenvalue weighted by molar-refractivity contribution is 5.74. The van der Waals surface area contributed by atoms with Gasteiger partial charge in [-0.15, -0.1) is 0 Å². The molecular weight excluding hydrogens is 293 g/mol. The zero-order chi connectivity index (χ0) is 16.8. The molecule has 2 rings (SSSR count). The third kappa shape index (κ3) is 4.93. The maximum Gasteiger partial charge on any atom is 0.317 e. The molecule has 1 aliphatic heterocycles. The fraction of sp³-hybridized carbons (Fsp3) is 0.611. The summed E-state index contributed by atoms with van der Waals surface area (Å²) in [7, 11) is 0. The van der Waals surface area contributed by atoms with Gasteiger partial charge < -0.3 is 10.2 Å². The summed E-state index contributed by atoms with van der Waals surface area (Å²) < 4.78 is 13.2. The Morgan fingerprint density at radius 2 is 1.78 bits per heavy atom. The molecular formula is C18H28FN3O. The van der Waals surface area contributed by atoms with Crippen LogP contribution in [0.4, 0.5) is 9.18 Å². The molecule has 1 fully saturated rings. The Kier molecular flexibility index (Phi) is 6.39. The third-order valence-corrected chi connectivity index (χ3v) is 4.27. The summed E-state index contributed by atoms with van der Waals surface area (Å²) in [5.41, 5.74) is 1.16. The Morgan fingerprint density at radius 3 is 2.30 bits per heavy atom. The molecule has 2 amide bonds. The molecule has 0 radical (unpaired) electrons. The van der Waals surface area contributed by atoms with Crippen LogP contribution in [0.25, 0.3) is 0 Å². The number of nitrogens with one attached hydrogen (secondary N) is 1. The number of urea groups is 1. The third-order valence-electron chi connectivity index (χ3n) is 4.27. The van der Waals surface area contributed by atoms with E-state index in [9.17, 15) is 9.18 Å². The number of halogens is 1. The highest BCUT2D eigenvalue weighted by Gasteiger charge is 2.26. The second-order valence-electron chi connectivity index (χ2n) is 6.48. The number of nitrogens with zero attached hydrogens (tertiary/aromatic N) is 2. The summed E-state index contributed by atoms with van der Waals surface area (Å²) in [5, 5.41) is 2.95. The molecule has 1 N–H and O–H groups in total. The smallest absolute Gasteiger partial charge is 0.317 e. The quantitative estimate of drug-likeness (QED) is 0.902. The lowest BCUT2D eigenvalue weighted by Gasteiger charge is -2.39. The van der Waals surface area contributed by atoms with Crippen LogP contribution in [0, 0.1) is 5.82 Å². The van der Waals surface area contributed by atoms with Crippen LogP contribution in [0.1, 0.15) is 45.2 Å². The van der Waals surface area contributed by atoms with Crippen LogP contribution in [-0.2, 0) is 0 Å². The van der Waals surface area contributed by atoms with Gasteiger partial charge in [-0.1, -0.05) is 25.5 Å². The van der Waals surface area contributed by atoms with Crippen LogP contribution >= 0.6 is 0 Å². The van der Waals surface area contributed by atoms with Crippen molar-refractivity contribution in [2.45, 2.75) is 45.7 Å². The van der Waals surface area contributed by atoms with Gasteiger partial charge in [0.05, 0.1) is 0 Å². The lowest BCUT2D eigenvalue weighted by atomic mass is 9.99. The lowest BCUT2D eigenvalue weighted by Crippen LogP contribution is -2.53. The van der Waals surface area contributed by atoms with Gasteiger partial charge in [0.1, 0.15) is 5.82 Å². The number of hydrogen-bond donors (Lipinski definition) is 1. The van der Waals surface area contributed by atoms with E-state index in [0.717, 1.165) is 44.6 Å². The fourth-order valence-electron chi connectivity index (χ4n) is 3.09. The second kappa shape index (κ2) is 8.29. The average Bonchev–Trinajstić information content (AvgIpc) is 2.53. The van der Waals surface area contributed by atoms with Gasteiger partial charge in [-0.25, -0.2) is 9.18 Å². The highest BCUT2D eigenvalue weighted by Crippen LogP contribution is 2.27. The summed E-state index contributed by atoms with van der Waals surface area (Å²) in [4.78, 5) is 16.4. The van der Waals surface area contributed by atoms with Crippen molar-refractivity contribution in [3.05, 3.63) is 35.6 Å². The minimum Gasteiger partial charge on any atom is -0.336 e. The van der Waals surface area contributed by atoms with Crippen molar-refractivity contribution in [1.82, 2.24) is 15.1 Å². The van der Waals surface area contributed by atoms with Crippen LogP contribution in [-0.4, -0.2) is 48.1 Å². The molecule has 128 valence electrons. The Morgan fingerprint density at radius 1 is 1.17 bits per heavy atom. The van der Waals surface area contributed by atoms with Crippen molar-refractivity contribution in [3.8, 4) is 0 Å². The van der Waals surface area contributed by atoms with Crippen LogP contribution in [0.3, 0.4) is 0 Å². The number of piperazine rings is 1. The van der Waals surface area contributed by atoms with Gasteiger partial charge in [0.15, 0.2) is 0 Å². The van der Waals surface area contributed by atoms with Crippen molar-refractivity contribution in [2.24, 2.45) is 0 Å². The van der Waals surface area contributed by atoms with E-state index >= 15 is 0 Å². The standard InChI is InChI=1S/C18H28FN3O/c1-4-5-17(15-6-8-16(19)9-7-15)21-10-12-22(13-11-21)18(23)20-14(2)3/h6-9,14,17H,4-5,10-13H2,1-3H3,(H,20,23). The summed E-state index contributed by atoms with van der Waals surface area (Å²) in [5.74, 6) is -0.195. The summed E-state index contributed by atoms with van der Waals surface area (Å²) >= 11 is 0. The molecule has 1 unspecified atom stereocenters. The molecule has 0 spiro atoms. The number of rotatable bonds is 5. The van der Waals surface area contributed by atoms with Gasteiger partial charge in [0, 0.05) is 38.3 Å². The number of benzene rings is 1. The predicted molar refractivity (Wildman–Crippen MR) is 90.9 cm³/mol. The zero-order valence-electron chi connectivity index (χ0n) is 14.4. The molecule has 5 heteroatoms. The van der Waals surface area contributed by atoms with Crippen molar-refractivity contribution in [2.75, 3.05) is 26.2 Å². The van der Waals surface area contributed by atoms with Crippen molar-refractivity contribution >= 4 is 6.03 Å². The molecule has 0 saturated carbocycles. The van der Waals surface area contributed by atoms with Crippen LogP contribution in [0.15, 0.2) is 24.3 Å². The number of carbonyl (C=O) groups is 1. The largest absolute Gasteiger partial charge is 0.336 e. The van der Waals surface area contributed by atoms with E-state index in [1.165, 1.54) is 12.1 Å². The molecule has 1 saturated heterocycles. The van der Waals surface area contributed by atoms with Crippen LogP contribution < -0.4 is 5.32 Å². The van der Waals surface area contributed by atoms with E-state index in [2.05, 4.69) is 17.1 Å². The van der Waals surface area contributed by atoms with Gasteiger partial charge in [-0.3, -0.25) is 4.90 Å². The van der Waals surface area contributed by atoms with E-state index in [1.807, 2.05) is 30.9 Å². The Balaban J connectivity index is 1.97. The molecule has 0 aliphatic carbocycles. The van der Waals surface area contributed by atoms with Crippen molar-refractivity contribution < 1.29 is 9.18 Å². The van der Waals surface area contributed by atoms with Gasteiger partial charge in [0.2, 0.25) is 0 Å². The molecule has 0 aromatic heterocycles. The minimum atomic E-state index is -0.195. The number of amides is 2. The molecule has 23 heavy (non-hydrogen) atoms. The van der Waals surface area contributed by atoms with Crippen LogP contribution in [0.5, 0.6) is 0 Å². The SMILES string of the molecule is CCCC(c1ccc(F)cc1)N1CCN(C(=O)NC(C)C)CC1. The first kappa shape index (κ1) is 17.7. The predicted octanol–water partition coefficient (Wildman–Crippen LogP) is 3.40. The molecule has 1 aromatic carbocycles. The molecule has 1 atom stereocenters. The lowest BCUT2D eigenvalue weighted by molar-refractivity contribution is 0.103. The Bertz CT molecular complexity index is 495. The Labute approximate surface area is 138 Å². The minimum absolute atomic E-state index is 0.0217. The van der Waals surface area contributed by atoms with E-state index in [0.29, 0.717) is 6.04 Å². The molecule has 1 heterocycles. The van der Waals surface area contributed by atoms with E-state index in [1.54, 1.807) is 0 Å². The second-order valence-corrected chi connectivity index (χ2v) is 6.48. The summed E-state index contributed by atoms with van der Waals surface area (Å²) in [6.07, 6.45) is 2.12. The van der Waals surface area contributed by atoms with Gasteiger partial charge in [-0.05, 0) is 38.0 Å². The molecule has 4 nitrogen and oxygen atoms in total. The van der Waals surface area contributed by atoms with E-state index in [-0.39, 0.29) is 17.9 Å². The van der Waals surface area contributed by atoms with E-state index in [4.69, 9.17) is 0 Å². The van der Waals surface area contributed by atoms with Gasteiger partial charge in [0.25, 0.3) is 0 Å². The fourth-order valence-corrected chi connectivity index (χ4v) is 3.09. The first-order valence-electron chi connectivity index (χ1n) is 8.56. The monoisotopic (exact) mass is 321 g/mol. The maximum absolute atomic E-state index is 13.2. The average molecular weight is 321 g/mol. The maximum atomic E-state index is 13.2. The topological polar surface area (TPSA) is 35.6 Å². The van der Waals surface area contributed by atoms with Crippen molar-refractivity contribution in [3.63, 3.8) is 0 Å². The molecule has 1 aliphatic rings. The number of carbonyl (C=O) groups excluding carboxylic acids is 1. The zero-order valence-corrected chi connectivity index (χ0v) is 14.4. The van der Waals surface area contributed by atoms with Gasteiger partial charge >= 0.3 is 6.03 Å². The highest BCUT2D eigenvalue weighted by atomic mass is 19.1. The Hall–Kier alpha value is -1.62. The van der Waals surface area contributed by atoms with E-state index < -0.39 is 0 Å². The molecule has 1 aromatic rings. The van der Waals surface area contributed by atoms with Crippen molar-refractivity contribution in [1.29, 1.82) is 0 Å². The summed E-state index contributed by atoms with van der Waals surface area (Å²) in [6.45, 7) is 9.30. The molecule has 0 bridgehead atoms. The first-order chi connectivity index (χ1) is 11.0. The number of hydrogen-bond acceptors (Lipinski definition) is 2. The first-order valence-corrected chi connectivity index (χ1v) is 8.56.